The summed E-state index contributed by atoms with van der Waals surface area (Å²) in [4.78, 5) is 2.87. The SMILES string of the molecule is CC1=C2C=c3c(cnn3C[C@H](C)N=[N+]=[N-])=C2C(C)(C)C=C1. The third kappa shape index (κ3) is 2.10. The Bertz CT molecular complexity index is 829. The van der Waals surface area contributed by atoms with Gasteiger partial charge in [0.25, 0.3) is 0 Å². The van der Waals surface area contributed by atoms with Gasteiger partial charge >= 0.3 is 0 Å². The van der Waals surface area contributed by atoms with E-state index < -0.39 is 0 Å². The number of hydrogen-bond acceptors (Lipinski definition) is 2. The van der Waals surface area contributed by atoms with Gasteiger partial charge in [0.2, 0.25) is 0 Å². The van der Waals surface area contributed by atoms with Crippen LogP contribution in [-0.4, -0.2) is 15.8 Å². The molecule has 0 fully saturated rings. The van der Waals surface area contributed by atoms with Crippen LogP contribution in [0.3, 0.4) is 0 Å². The molecule has 1 heterocycles. The highest BCUT2D eigenvalue weighted by atomic mass is 15.3. The maximum absolute atomic E-state index is 8.53. The lowest BCUT2D eigenvalue weighted by atomic mass is 9.75. The zero-order chi connectivity index (χ0) is 15.2. The van der Waals surface area contributed by atoms with E-state index in [1.165, 1.54) is 21.9 Å². The van der Waals surface area contributed by atoms with Crippen LogP contribution in [0.25, 0.3) is 22.1 Å². The molecule has 5 heteroatoms. The summed E-state index contributed by atoms with van der Waals surface area (Å²) in [6.07, 6.45) is 8.60. The highest BCUT2D eigenvalue weighted by Crippen LogP contribution is 2.40. The molecule has 0 radical (unpaired) electrons. The molecular weight excluding hydrogens is 262 g/mol. The van der Waals surface area contributed by atoms with Crippen molar-refractivity contribution < 1.29 is 0 Å². The topological polar surface area (TPSA) is 66.6 Å². The van der Waals surface area contributed by atoms with Gasteiger partial charge in [-0.05, 0) is 35.3 Å². The van der Waals surface area contributed by atoms with Gasteiger partial charge in [-0.1, -0.05) is 38.0 Å². The molecule has 0 spiro atoms. The molecule has 5 nitrogen and oxygen atoms in total. The Kier molecular flexibility index (Phi) is 3.03. The number of hydrogen-bond donors (Lipinski definition) is 0. The predicted molar refractivity (Wildman–Crippen MR) is 83.6 cm³/mol. The summed E-state index contributed by atoms with van der Waals surface area (Å²) >= 11 is 0. The van der Waals surface area contributed by atoms with Gasteiger partial charge < -0.3 is 0 Å². The fourth-order valence-corrected chi connectivity index (χ4v) is 3.13. The Hall–Kier alpha value is -2.26. The molecule has 2 aliphatic carbocycles. The molecule has 0 amide bonds. The molecule has 108 valence electrons. The van der Waals surface area contributed by atoms with Crippen molar-refractivity contribution >= 4 is 11.6 Å². The van der Waals surface area contributed by atoms with Crippen LogP contribution in [0.2, 0.25) is 0 Å². The molecule has 0 unspecified atom stereocenters. The highest BCUT2D eigenvalue weighted by molar-refractivity contribution is 5.88. The summed E-state index contributed by atoms with van der Waals surface area (Å²) in [6, 6.07) is -0.110. The molecule has 0 saturated heterocycles. The Morgan fingerprint density at radius 2 is 2.24 bits per heavy atom. The molecule has 0 saturated carbocycles. The minimum atomic E-state index is -0.110. The second-order valence-corrected chi connectivity index (χ2v) is 6.35. The number of azide groups is 1. The molecule has 21 heavy (non-hydrogen) atoms. The van der Waals surface area contributed by atoms with Crippen molar-refractivity contribution in [2.75, 3.05) is 0 Å². The molecule has 0 bridgehead atoms. The summed E-state index contributed by atoms with van der Waals surface area (Å²) in [5, 5.41) is 10.5. The third-order valence-electron chi connectivity index (χ3n) is 4.21. The smallest absolute Gasteiger partial charge is 0.0691 e. The van der Waals surface area contributed by atoms with E-state index in [1.54, 1.807) is 0 Å². The van der Waals surface area contributed by atoms with Crippen LogP contribution in [0.4, 0.5) is 0 Å². The molecular formula is C16H19N5. The van der Waals surface area contributed by atoms with Crippen LogP contribution in [0, 0.1) is 5.41 Å². The van der Waals surface area contributed by atoms with Gasteiger partial charge in [-0.25, -0.2) is 0 Å². The Morgan fingerprint density at radius 1 is 1.48 bits per heavy atom. The van der Waals surface area contributed by atoms with Crippen molar-refractivity contribution in [3.63, 3.8) is 0 Å². The Balaban J connectivity index is 2.17. The summed E-state index contributed by atoms with van der Waals surface area (Å²) < 4.78 is 1.94. The van der Waals surface area contributed by atoms with Crippen molar-refractivity contribution in [3.05, 3.63) is 50.5 Å². The van der Waals surface area contributed by atoms with Crippen molar-refractivity contribution in [1.29, 1.82) is 0 Å². The maximum Gasteiger partial charge on any atom is 0.0691 e. The first-order valence-electron chi connectivity index (χ1n) is 7.17. The van der Waals surface area contributed by atoms with Gasteiger partial charge in [0.15, 0.2) is 0 Å². The van der Waals surface area contributed by atoms with Crippen LogP contribution in [0.1, 0.15) is 27.7 Å². The lowest BCUT2D eigenvalue weighted by Gasteiger charge is -2.28. The monoisotopic (exact) mass is 281 g/mol. The van der Waals surface area contributed by atoms with Crippen LogP contribution in [0.5, 0.6) is 0 Å². The second-order valence-electron chi connectivity index (χ2n) is 6.35. The van der Waals surface area contributed by atoms with Crippen LogP contribution < -0.4 is 10.6 Å². The fourth-order valence-electron chi connectivity index (χ4n) is 3.13. The summed E-state index contributed by atoms with van der Waals surface area (Å²) in [5.74, 6) is 0. The molecule has 0 aromatic carbocycles. The first-order valence-corrected chi connectivity index (χ1v) is 7.17. The molecule has 1 atom stereocenters. The number of allylic oxidation sites excluding steroid dienone is 4. The van der Waals surface area contributed by atoms with Gasteiger partial charge in [0.1, 0.15) is 0 Å². The number of nitrogens with zero attached hydrogens (tertiary/aromatic N) is 5. The average Bonchev–Trinajstić information content (AvgIpc) is 2.96. The van der Waals surface area contributed by atoms with Gasteiger partial charge in [-0.2, -0.15) is 5.10 Å². The van der Waals surface area contributed by atoms with E-state index in [2.05, 4.69) is 54.1 Å². The minimum Gasteiger partial charge on any atom is -0.264 e. The van der Waals surface area contributed by atoms with E-state index in [0.29, 0.717) is 6.54 Å². The van der Waals surface area contributed by atoms with E-state index in [1.807, 2.05) is 17.8 Å². The first kappa shape index (κ1) is 13.7. The predicted octanol–water partition coefficient (Wildman–Crippen LogP) is 2.44. The van der Waals surface area contributed by atoms with E-state index in [9.17, 15) is 0 Å². The van der Waals surface area contributed by atoms with Crippen molar-refractivity contribution in [2.24, 2.45) is 10.5 Å². The lowest BCUT2D eigenvalue weighted by molar-refractivity contribution is 0.526. The maximum atomic E-state index is 8.53. The number of aromatic nitrogens is 2. The molecule has 1 aromatic rings. The molecule has 0 aliphatic heterocycles. The fraction of sp³-hybridized carbons (Fsp3) is 0.438. The van der Waals surface area contributed by atoms with E-state index >= 15 is 0 Å². The van der Waals surface area contributed by atoms with Crippen LogP contribution in [-0.2, 0) is 6.54 Å². The zero-order valence-electron chi connectivity index (χ0n) is 12.8. The average molecular weight is 281 g/mol. The van der Waals surface area contributed by atoms with Crippen molar-refractivity contribution in [2.45, 2.75) is 40.3 Å². The van der Waals surface area contributed by atoms with Crippen LogP contribution in [0.15, 0.2) is 34.6 Å². The summed E-state index contributed by atoms with van der Waals surface area (Å²) in [6.45, 7) is 9.11. The molecule has 3 rings (SSSR count). The Labute approximate surface area is 123 Å². The summed E-state index contributed by atoms with van der Waals surface area (Å²) in [5.41, 5.74) is 12.5. The largest absolute Gasteiger partial charge is 0.264 e. The van der Waals surface area contributed by atoms with E-state index in [-0.39, 0.29) is 11.5 Å². The zero-order valence-corrected chi connectivity index (χ0v) is 12.8. The van der Waals surface area contributed by atoms with Crippen molar-refractivity contribution in [3.8, 4) is 0 Å². The highest BCUT2D eigenvalue weighted by Gasteiger charge is 2.30. The van der Waals surface area contributed by atoms with Gasteiger partial charge in [0.05, 0.1) is 17.6 Å². The Morgan fingerprint density at radius 3 is 2.95 bits per heavy atom. The van der Waals surface area contributed by atoms with E-state index in [4.69, 9.17) is 5.53 Å². The standard InChI is InChI=1S/C16H19N5/c1-10-5-6-16(3,4)15-12(10)7-14-13(15)8-18-21(14)9-11(2)19-20-17/h5-8,11H,9H2,1-4H3/t11-/m0/s1. The van der Waals surface area contributed by atoms with Crippen molar-refractivity contribution in [1.82, 2.24) is 9.78 Å². The molecule has 1 aromatic heterocycles. The van der Waals surface area contributed by atoms with Crippen LogP contribution >= 0.6 is 0 Å². The van der Waals surface area contributed by atoms with Gasteiger partial charge in [0, 0.05) is 22.1 Å². The third-order valence-corrected chi connectivity index (χ3v) is 4.21. The second kappa shape index (κ2) is 4.64. The van der Waals surface area contributed by atoms with Gasteiger partial charge in [-0.3, -0.25) is 4.68 Å². The van der Waals surface area contributed by atoms with E-state index in [0.717, 1.165) is 5.35 Å². The van der Waals surface area contributed by atoms with Gasteiger partial charge in [-0.15, -0.1) is 0 Å². The first-order chi connectivity index (χ1) is 9.94. The molecule has 0 N–H and O–H groups in total. The molecule has 2 aliphatic rings. The summed E-state index contributed by atoms with van der Waals surface area (Å²) in [7, 11) is 0. The number of rotatable bonds is 3. The lowest BCUT2D eigenvalue weighted by Crippen LogP contribution is -2.32. The number of fused-ring (bicyclic) bond motifs is 2. The normalized spacial score (nSPS) is 19.7. The quantitative estimate of drug-likeness (QED) is 0.476. The minimum absolute atomic E-state index is 0.0148.